The Labute approximate surface area is 102 Å². The van der Waals surface area contributed by atoms with Crippen LogP contribution in [0.2, 0.25) is 0 Å². The molecular formula is C10H19N3O3S. The third-order valence-corrected chi connectivity index (χ3v) is 3.91. The molecule has 1 N–H and O–H groups in total. The van der Waals surface area contributed by atoms with Crippen molar-refractivity contribution in [3.63, 3.8) is 0 Å². The number of nitrogens with zero attached hydrogens (tertiary/aromatic N) is 2. The molecule has 17 heavy (non-hydrogen) atoms. The Morgan fingerprint density at radius 1 is 1.35 bits per heavy atom. The molecule has 7 heteroatoms. The summed E-state index contributed by atoms with van der Waals surface area (Å²) in [5.41, 5.74) is 0. The van der Waals surface area contributed by atoms with Crippen molar-refractivity contribution in [2.75, 3.05) is 45.5 Å². The average Bonchev–Trinajstić information content (AvgIpc) is 2.26. The molecule has 1 aliphatic heterocycles. The molecule has 0 spiro atoms. The van der Waals surface area contributed by atoms with Crippen molar-refractivity contribution in [3.8, 4) is 0 Å². The van der Waals surface area contributed by atoms with Crippen LogP contribution in [-0.2, 0) is 14.8 Å². The number of carbonyl (C=O) groups excluding carboxylic acids is 1. The maximum absolute atomic E-state index is 11.4. The molecule has 1 rings (SSSR count). The molecule has 1 aliphatic rings. The third kappa shape index (κ3) is 4.84. The largest absolute Gasteiger partial charge is 0.352 e. The highest BCUT2D eigenvalue weighted by Crippen LogP contribution is 2.05. The Kier molecular flexibility index (Phi) is 5.10. The molecule has 0 saturated carbocycles. The van der Waals surface area contributed by atoms with Crippen LogP contribution in [0.15, 0.2) is 12.7 Å². The number of piperazine rings is 1. The summed E-state index contributed by atoms with van der Waals surface area (Å²) < 4.78 is 24.0. The van der Waals surface area contributed by atoms with Crippen LogP contribution in [0.1, 0.15) is 0 Å². The average molecular weight is 261 g/mol. The zero-order valence-electron chi connectivity index (χ0n) is 10.1. The second-order valence-corrected chi connectivity index (χ2v) is 6.01. The van der Waals surface area contributed by atoms with Gasteiger partial charge in [-0.05, 0) is 0 Å². The summed E-state index contributed by atoms with van der Waals surface area (Å²) >= 11 is 0. The van der Waals surface area contributed by atoms with Gasteiger partial charge in [-0.3, -0.25) is 9.69 Å². The van der Waals surface area contributed by atoms with Gasteiger partial charge in [-0.25, -0.2) is 8.42 Å². The molecule has 1 heterocycles. The molecule has 1 saturated heterocycles. The van der Waals surface area contributed by atoms with Gasteiger partial charge in [0.1, 0.15) is 0 Å². The van der Waals surface area contributed by atoms with Crippen molar-refractivity contribution in [2.45, 2.75) is 0 Å². The highest BCUT2D eigenvalue weighted by Gasteiger charge is 2.24. The third-order valence-electron chi connectivity index (χ3n) is 2.61. The molecule has 0 aromatic rings. The van der Waals surface area contributed by atoms with E-state index in [1.54, 1.807) is 6.08 Å². The maximum atomic E-state index is 11.4. The van der Waals surface area contributed by atoms with Crippen LogP contribution in [0.3, 0.4) is 0 Å². The first-order chi connectivity index (χ1) is 7.93. The highest BCUT2D eigenvalue weighted by atomic mass is 32.2. The van der Waals surface area contributed by atoms with Crippen molar-refractivity contribution in [2.24, 2.45) is 0 Å². The second-order valence-electron chi connectivity index (χ2n) is 4.03. The molecule has 1 amide bonds. The van der Waals surface area contributed by atoms with Crippen LogP contribution >= 0.6 is 0 Å². The lowest BCUT2D eigenvalue weighted by Crippen LogP contribution is -2.50. The fourth-order valence-corrected chi connectivity index (χ4v) is 2.49. The fourth-order valence-electron chi connectivity index (χ4n) is 1.66. The smallest absolute Gasteiger partial charge is 0.234 e. The Hall–Kier alpha value is -0.920. The molecule has 0 bridgehead atoms. The molecule has 0 unspecified atom stereocenters. The summed E-state index contributed by atoms with van der Waals surface area (Å²) in [6, 6.07) is 0. The number of amides is 1. The Bertz CT molecular complexity index is 372. The lowest BCUT2D eigenvalue weighted by atomic mass is 10.3. The normalized spacial score (nSPS) is 18.9. The molecule has 0 aromatic carbocycles. The van der Waals surface area contributed by atoms with Gasteiger partial charge in [0.25, 0.3) is 0 Å². The molecule has 98 valence electrons. The van der Waals surface area contributed by atoms with Gasteiger partial charge in [0, 0.05) is 32.7 Å². The Morgan fingerprint density at radius 2 is 1.94 bits per heavy atom. The van der Waals surface area contributed by atoms with E-state index in [0.29, 0.717) is 39.3 Å². The van der Waals surface area contributed by atoms with Crippen molar-refractivity contribution in [1.29, 1.82) is 0 Å². The molecule has 0 aliphatic carbocycles. The quantitative estimate of drug-likeness (QED) is 0.636. The van der Waals surface area contributed by atoms with E-state index in [9.17, 15) is 13.2 Å². The van der Waals surface area contributed by atoms with E-state index in [0.717, 1.165) is 0 Å². The first kappa shape index (κ1) is 14.1. The van der Waals surface area contributed by atoms with Crippen molar-refractivity contribution in [1.82, 2.24) is 14.5 Å². The fraction of sp³-hybridized carbons (Fsp3) is 0.700. The van der Waals surface area contributed by atoms with Gasteiger partial charge in [0.15, 0.2) is 0 Å². The maximum Gasteiger partial charge on any atom is 0.234 e. The predicted molar refractivity (Wildman–Crippen MR) is 66.1 cm³/mol. The van der Waals surface area contributed by atoms with Gasteiger partial charge in [0.2, 0.25) is 15.9 Å². The Balaban J connectivity index is 2.32. The minimum Gasteiger partial charge on any atom is -0.352 e. The summed E-state index contributed by atoms with van der Waals surface area (Å²) in [6.07, 6.45) is 2.83. The van der Waals surface area contributed by atoms with E-state index < -0.39 is 10.0 Å². The number of rotatable bonds is 5. The van der Waals surface area contributed by atoms with Gasteiger partial charge in [-0.15, -0.1) is 6.58 Å². The van der Waals surface area contributed by atoms with E-state index in [1.807, 2.05) is 4.90 Å². The summed E-state index contributed by atoms with van der Waals surface area (Å²) in [7, 11) is -3.10. The number of carbonyl (C=O) groups is 1. The summed E-state index contributed by atoms with van der Waals surface area (Å²) in [5, 5.41) is 2.69. The lowest BCUT2D eigenvalue weighted by molar-refractivity contribution is -0.122. The first-order valence-electron chi connectivity index (χ1n) is 5.48. The summed E-state index contributed by atoms with van der Waals surface area (Å²) in [6.45, 7) is 6.37. The number of hydrogen-bond acceptors (Lipinski definition) is 4. The zero-order chi connectivity index (χ0) is 12.9. The lowest BCUT2D eigenvalue weighted by Gasteiger charge is -2.32. The van der Waals surface area contributed by atoms with E-state index in [4.69, 9.17) is 0 Å². The van der Waals surface area contributed by atoms with Crippen molar-refractivity contribution in [3.05, 3.63) is 12.7 Å². The predicted octanol–water partition coefficient (Wildman–Crippen LogP) is -1.13. The van der Waals surface area contributed by atoms with Crippen LogP contribution in [0.25, 0.3) is 0 Å². The first-order valence-corrected chi connectivity index (χ1v) is 7.33. The van der Waals surface area contributed by atoms with Crippen LogP contribution in [0, 0.1) is 0 Å². The minimum absolute atomic E-state index is 0.0577. The second kappa shape index (κ2) is 6.13. The number of nitrogens with one attached hydrogen (secondary N) is 1. The number of sulfonamides is 1. The van der Waals surface area contributed by atoms with Gasteiger partial charge in [-0.1, -0.05) is 6.08 Å². The van der Waals surface area contributed by atoms with Gasteiger partial charge in [0.05, 0.1) is 12.8 Å². The Morgan fingerprint density at radius 3 is 2.41 bits per heavy atom. The van der Waals surface area contributed by atoms with E-state index in [-0.39, 0.29) is 5.91 Å². The van der Waals surface area contributed by atoms with Gasteiger partial charge >= 0.3 is 0 Å². The minimum atomic E-state index is -3.10. The monoisotopic (exact) mass is 261 g/mol. The molecule has 6 nitrogen and oxygen atoms in total. The SMILES string of the molecule is C=CCNC(=O)CN1CCN(S(C)(=O)=O)CC1. The highest BCUT2D eigenvalue weighted by molar-refractivity contribution is 7.88. The zero-order valence-corrected chi connectivity index (χ0v) is 10.9. The van der Waals surface area contributed by atoms with E-state index >= 15 is 0 Å². The topological polar surface area (TPSA) is 69.7 Å². The van der Waals surface area contributed by atoms with E-state index in [2.05, 4.69) is 11.9 Å². The van der Waals surface area contributed by atoms with Crippen LogP contribution in [-0.4, -0.2) is 69.1 Å². The van der Waals surface area contributed by atoms with Crippen molar-refractivity contribution >= 4 is 15.9 Å². The number of hydrogen-bond donors (Lipinski definition) is 1. The van der Waals surface area contributed by atoms with Crippen LogP contribution < -0.4 is 5.32 Å². The van der Waals surface area contributed by atoms with Crippen molar-refractivity contribution < 1.29 is 13.2 Å². The molecule has 0 atom stereocenters. The molecule has 0 radical (unpaired) electrons. The summed E-state index contributed by atoms with van der Waals surface area (Å²) in [4.78, 5) is 13.4. The van der Waals surface area contributed by atoms with Gasteiger partial charge < -0.3 is 5.32 Å². The standard InChI is InChI=1S/C10H19N3O3S/c1-3-4-11-10(14)9-12-5-7-13(8-6-12)17(2,15)16/h3H,1,4-9H2,2H3,(H,11,14). The molecule has 1 fully saturated rings. The van der Waals surface area contributed by atoms with Crippen LogP contribution in [0.5, 0.6) is 0 Å². The van der Waals surface area contributed by atoms with Gasteiger partial charge in [-0.2, -0.15) is 4.31 Å². The molecular weight excluding hydrogens is 242 g/mol. The summed E-state index contributed by atoms with van der Waals surface area (Å²) in [5.74, 6) is -0.0577. The van der Waals surface area contributed by atoms with E-state index in [1.165, 1.54) is 10.6 Å². The van der Waals surface area contributed by atoms with Crippen LogP contribution in [0.4, 0.5) is 0 Å². The molecule has 0 aromatic heterocycles.